The Bertz CT molecular complexity index is 1180. The standard InChI is InChI=1S/C10H16BN5O12P3/c11-29(19,27-31(23,24)28-30(20,21)22)25-2-5-4(17)1-6(26-5)16-3-13-7-8(16)14-10(12)15-9(7)18/h3-6,17,19H,1-2H2,(H,23,24)(H2,20,21,22)(H3,12,14,15,18)/t4-,5+,6+,29?/m0/s1. The first-order valence-electron chi connectivity index (χ1n) is 8.07. The third-order valence-electron chi connectivity index (χ3n) is 3.82. The van der Waals surface area contributed by atoms with Gasteiger partial charge in [-0.3, -0.25) is 0 Å². The van der Waals surface area contributed by atoms with Crippen LogP contribution >= 0.6 is 23.1 Å². The topological polar surface area (TPSA) is 262 Å². The zero-order valence-electron chi connectivity index (χ0n) is 15.2. The number of aromatic amines is 1. The van der Waals surface area contributed by atoms with Crippen LogP contribution in [-0.2, 0) is 27.0 Å². The van der Waals surface area contributed by atoms with Gasteiger partial charge < -0.3 is 0 Å². The fraction of sp³-hybridized carbons (Fsp3) is 0.500. The molecular weight excluding hydrogens is 486 g/mol. The van der Waals surface area contributed by atoms with Crippen LogP contribution in [0.15, 0.2) is 11.1 Å². The number of nitrogens with one attached hydrogen (secondary N) is 1. The van der Waals surface area contributed by atoms with Crippen molar-refractivity contribution in [1.82, 2.24) is 19.5 Å². The van der Waals surface area contributed by atoms with E-state index < -0.39 is 53.7 Å². The summed E-state index contributed by atoms with van der Waals surface area (Å²) in [5, 5.41) is 10.2. The molecule has 5 atom stereocenters. The van der Waals surface area contributed by atoms with E-state index in [1.165, 1.54) is 10.9 Å². The van der Waals surface area contributed by atoms with Gasteiger partial charge in [-0.25, -0.2) is 0 Å². The fourth-order valence-electron chi connectivity index (χ4n) is 2.69. The second kappa shape index (κ2) is 8.59. The van der Waals surface area contributed by atoms with E-state index in [4.69, 9.17) is 32.0 Å². The minimum atomic E-state index is -5.48. The molecule has 0 amide bonds. The van der Waals surface area contributed by atoms with E-state index in [0.29, 0.717) is 0 Å². The van der Waals surface area contributed by atoms with Crippen LogP contribution in [-0.4, -0.2) is 70.2 Å². The van der Waals surface area contributed by atoms with E-state index >= 15 is 0 Å². The Balaban J connectivity index is 1.67. The Labute approximate surface area is 173 Å². The number of nitrogens with zero attached hydrogens (tertiary/aromatic N) is 3. The molecule has 2 unspecified atom stereocenters. The van der Waals surface area contributed by atoms with Crippen molar-refractivity contribution in [2.75, 3.05) is 12.3 Å². The van der Waals surface area contributed by atoms with E-state index in [9.17, 15) is 28.8 Å². The number of fused-ring (bicyclic) bond motifs is 1. The summed E-state index contributed by atoms with van der Waals surface area (Å²) in [6.45, 7) is -0.656. The Hall–Kier alpha value is -1.26. The maximum atomic E-state index is 11.9. The Morgan fingerprint density at radius 2 is 2.00 bits per heavy atom. The molecule has 0 saturated carbocycles. The minimum absolute atomic E-state index is 0.0218. The van der Waals surface area contributed by atoms with Gasteiger partial charge in [-0.15, -0.1) is 0 Å². The molecule has 2 aromatic heterocycles. The van der Waals surface area contributed by atoms with Crippen molar-refractivity contribution in [3.63, 3.8) is 0 Å². The third-order valence-corrected chi connectivity index (χ3v) is 7.78. The van der Waals surface area contributed by atoms with Crippen molar-refractivity contribution < 1.29 is 51.7 Å². The van der Waals surface area contributed by atoms with E-state index in [1.54, 1.807) is 0 Å². The van der Waals surface area contributed by atoms with Gasteiger partial charge in [0.2, 0.25) is 0 Å². The summed E-state index contributed by atoms with van der Waals surface area (Å²) in [6, 6.07) is 0. The van der Waals surface area contributed by atoms with E-state index in [0.717, 1.165) is 0 Å². The number of H-pyrrole nitrogens is 1. The molecule has 1 aliphatic rings. The summed E-state index contributed by atoms with van der Waals surface area (Å²) in [5.74, 6) is -0.168. The molecule has 8 N–H and O–H groups in total. The van der Waals surface area contributed by atoms with Crippen LogP contribution in [0.2, 0.25) is 0 Å². The molecule has 17 nitrogen and oxygen atoms in total. The number of ether oxygens (including phenoxy) is 1. The van der Waals surface area contributed by atoms with Crippen LogP contribution in [0.1, 0.15) is 12.6 Å². The number of imidazole rings is 1. The van der Waals surface area contributed by atoms with Crippen molar-refractivity contribution >= 4 is 47.4 Å². The van der Waals surface area contributed by atoms with Gasteiger partial charge in [-0.2, -0.15) is 0 Å². The quantitative estimate of drug-likeness (QED) is 0.159. The SMILES string of the molecule is [B]=P(O)(OC[C@H]1O[C@@H](n2cnc3c(=O)[nH]c(N)nc32)C[C@@H]1O)OP(=O)(O)OP(=O)(O)O. The third kappa shape index (κ3) is 6.17. The molecule has 1 fully saturated rings. The first kappa shape index (κ1) is 24.4. The molecule has 1 saturated heterocycles. The van der Waals surface area contributed by atoms with Crippen molar-refractivity contribution in [3.05, 3.63) is 16.7 Å². The monoisotopic (exact) mass is 502 g/mol. The number of hydrogen-bond acceptors (Lipinski definition) is 12. The molecular formula is C10H16BN5O12P3. The van der Waals surface area contributed by atoms with Gasteiger partial charge in [-0.1, -0.05) is 0 Å². The number of anilines is 1. The molecule has 1 radical (unpaired) electrons. The first-order chi connectivity index (χ1) is 14.2. The molecule has 3 rings (SSSR count). The first-order valence-corrected chi connectivity index (χ1v) is 12.7. The predicted molar refractivity (Wildman–Crippen MR) is 102 cm³/mol. The van der Waals surface area contributed by atoms with E-state index in [2.05, 4.69) is 23.6 Å². The van der Waals surface area contributed by atoms with Crippen LogP contribution < -0.4 is 11.3 Å². The van der Waals surface area contributed by atoms with Crippen LogP contribution in [0, 0.1) is 0 Å². The fourth-order valence-corrected chi connectivity index (χ4v) is 5.89. The number of aliphatic hydroxyl groups is 1. The zero-order valence-corrected chi connectivity index (χ0v) is 17.8. The van der Waals surface area contributed by atoms with Gasteiger partial charge in [0.15, 0.2) is 0 Å². The van der Waals surface area contributed by atoms with Gasteiger partial charge in [0.25, 0.3) is 0 Å². The average Bonchev–Trinajstić information content (AvgIpc) is 3.13. The molecule has 0 aliphatic carbocycles. The summed E-state index contributed by atoms with van der Waals surface area (Å²) in [7, 11) is -10.3. The van der Waals surface area contributed by atoms with E-state index in [1.807, 2.05) is 0 Å². The van der Waals surface area contributed by atoms with Crippen molar-refractivity contribution in [2.24, 2.45) is 0 Å². The van der Waals surface area contributed by atoms with Gasteiger partial charge in [-0.05, 0) is 0 Å². The van der Waals surface area contributed by atoms with Crippen molar-refractivity contribution in [1.29, 1.82) is 0 Å². The van der Waals surface area contributed by atoms with Crippen molar-refractivity contribution in [3.8, 4) is 0 Å². The van der Waals surface area contributed by atoms with Gasteiger partial charge >= 0.3 is 172 Å². The van der Waals surface area contributed by atoms with Gasteiger partial charge in [0.05, 0.1) is 0 Å². The summed E-state index contributed by atoms with van der Waals surface area (Å²) in [5.41, 5.74) is 5.00. The zero-order chi connectivity index (χ0) is 23.2. The Morgan fingerprint density at radius 3 is 2.65 bits per heavy atom. The second-order valence-electron chi connectivity index (χ2n) is 6.19. The predicted octanol–water partition coefficient (Wildman–Crippen LogP) is -1.57. The molecule has 31 heavy (non-hydrogen) atoms. The van der Waals surface area contributed by atoms with Crippen molar-refractivity contribution in [2.45, 2.75) is 24.9 Å². The molecule has 2 aromatic rings. The molecule has 0 spiro atoms. The molecule has 0 bridgehead atoms. The van der Waals surface area contributed by atoms with Crippen LogP contribution in [0.25, 0.3) is 11.2 Å². The van der Waals surface area contributed by atoms with E-state index in [-0.39, 0.29) is 23.5 Å². The van der Waals surface area contributed by atoms with Crippen LogP contribution in [0.4, 0.5) is 5.95 Å². The number of nitrogen functional groups attached to an aromatic ring is 1. The normalized spacial score (nSPS) is 26.0. The summed E-state index contributed by atoms with van der Waals surface area (Å²) >= 11 is 0. The Kier molecular flexibility index (Phi) is 6.76. The number of nitrogens with two attached hydrogens (primary N) is 1. The second-order valence-corrected chi connectivity index (χ2v) is 10.8. The maximum absolute atomic E-state index is 11.9. The molecule has 171 valence electrons. The Morgan fingerprint density at radius 1 is 1.32 bits per heavy atom. The van der Waals surface area contributed by atoms with Gasteiger partial charge in [0, 0.05) is 0 Å². The summed E-state index contributed by atoms with van der Waals surface area (Å²) < 4.78 is 41.4. The molecule has 0 aromatic carbocycles. The molecule has 1 aliphatic heterocycles. The number of phosphoric acid groups is 2. The molecule has 3 heterocycles. The summed E-state index contributed by atoms with van der Waals surface area (Å²) in [6.07, 6.45) is -2.00. The number of hydrogen-bond donors (Lipinski definition) is 7. The molecule has 21 heteroatoms. The number of aromatic nitrogens is 4. The van der Waals surface area contributed by atoms with Crippen LogP contribution in [0.3, 0.4) is 0 Å². The van der Waals surface area contributed by atoms with Crippen LogP contribution in [0.5, 0.6) is 0 Å². The number of aliphatic hydroxyl groups excluding tert-OH is 1. The van der Waals surface area contributed by atoms with Gasteiger partial charge in [0.1, 0.15) is 0 Å². The average molecular weight is 502 g/mol. The number of rotatable bonds is 8. The summed E-state index contributed by atoms with van der Waals surface area (Å²) in [4.78, 5) is 58.1.